The zero-order valence-electron chi connectivity index (χ0n) is 12.5. The predicted octanol–water partition coefficient (Wildman–Crippen LogP) is 4.48. The van der Waals surface area contributed by atoms with Crippen LogP contribution in [0.5, 0.6) is 0 Å². The summed E-state index contributed by atoms with van der Waals surface area (Å²) in [5, 5.41) is 6.16. The topological polar surface area (TPSA) is 12.0 Å². The third-order valence-corrected chi connectivity index (χ3v) is 3.82. The normalized spacial score (nSPS) is 10.9. The van der Waals surface area contributed by atoms with Gasteiger partial charge in [0.1, 0.15) is 0 Å². The second kappa shape index (κ2) is 6.55. The largest absolute Gasteiger partial charge is 0.312 e. The van der Waals surface area contributed by atoms with Crippen LogP contribution in [-0.2, 0) is 13.0 Å². The van der Waals surface area contributed by atoms with Gasteiger partial charge in [-0.25, -0.2) is 0 Å². The summed E-state index contributed by atoms with van der Waals surface area (Å²) in [6.45, 7) is 4.08. The van der Waals surface area contributed by atoms with E-state index in [1.807, 2.05) is 0 Å². The molecule has 0 aliphatic heterocycles. The van der Waals surface area contributed by atoms with Crippen LogP contribution in [0, 0.1) is 6.92 Å². The molecule has 21 heavy (non-hydrogen) atoms. The quantitative estimate of drug-likeness (QED) is 0.677. The number of hydrogen-bond donors (Lipinski definition) is 1. The lowest BCUT2D eigenvalue weighted by Gasteiger charge is -2.07. The Kier molecular flexibility index (Phi) is 4.32. The predicted molar refractivity (Wildman–Crippen MR) is 90.5 cm³/mol. The number of rotatable bonds is 5. The van der Waals surface area contributed by atoms with E-state index in [4.69, 9.17) is 0 Å². The SMILES string of the molecule is Cc1cccc(CCNCc2ccc3ccccc3c2)c1. The van der Waals surface area contributed by atoms with Gasteiger partial charge in [0.2, 0.25) is 0 Å². The number of aryl methyl sites for hydroxylation is 1. The van der Waals surface area contributed by atoms with Crippen LogP contribution in [0.3, 0.4) is 0 Å². The molecule has 3 aromatic rings. The molecule has 0 aliphatic carbocycles. The Morgan fingerprint density at radius 1 is 0.762 bits per heavy atom. The molecule has 1 N–H and O–H groups in total. The zero-order chi connectivity index (χ0) is 14.5. The van der Waals surface area contributed by atoms with Crippen molar-refractivity contribution in [3.8, 4) is 0 Å². The van der Waals surface area contributed by atoms with Crippen molar-refractivity contribution in [2.24, 2.45) is 0 Å². The average Bonchev–Trinajstić information content (AvgIpc) is 2.51. The van der Waals surface area contributed by atoms with E-state index in [1.54, 1.807) is 0 Å². The van der Waals surface area contributed by atoms with Crippen LogP contribution >= 0.6 is 0 Å². The van der Waals surface area contributed by atoms with E-state index in [-0.39, 0.29) is 0 Å². The first-order valence-electron chi connectivity index (χ1n) is 7.55. The molecular weight excluding hydrogens is 254 g/mol. The molecule has 0 bridgehead atoms. The molecule has 1 heteroatoms. The molecular formula is C20H21N. The molecule has 106 valence electrons. The lowest BCUT2D eigenvalue weighted by molar-refractivity contribution is 0.687. The molecule has 0 saturated heterocycles. The third-order valence-electron chi connectivity index (χ3n) is 3.82. The molecule has 0 saturated carbocycles. The van der Waals surface area contributed by atoms with Crippen LogP contribution in [-0.4, -0.2) is 6.54 Å². The van der Waals surface area contributed by atoms with Gasteiger partial charge in [-0.15, -0.1) is 0 Å². The van der Waals surface area contributed by atoms with Gasteiger partial charge in [-0.1, -0.05) is 66.2 Å². The highest BCUT2D eigenvalue weighted by atomic mass is 14.8. The fraction of sp³-hybridized carbons (Fsp3) is 0.200. The highest BCUT2D eigenvalue weighted by molar-refractivity contribution is 5.82. The van der Waals surface area contributed by atoms with E-state index in [0.29, 0.717) is 0 Å². The zero-order valence-corrected chi connectivity index (χ0v) is 12.5. The molecule has 0 heterocycles. The Labute approximate surface area is 126 Å². The second-order valence-corrected chi connectivity index (χ2v) is 5.60. The van der Waals surface area contributed by atoms with E-state index in [9.17, 15) is 0 Å². The molecule has 0 unspecified atom stereocenters. The van der Waals surface area contributed by atoms with Gasteiger partial charge in [-0.05, 0) is 47.9 Å². The third kappa shape index (κ3) is 3.71. The van der Waals surface area contributed by atoms with Crippen molar-refractivity contribution < 1.29 is 0 Å². The van der Waals surface area contributed by atoms with Crippen LogP contribution in [0.4, 0.5) is 0 Å². The van der Waals surface area contributed by atoms with E-state index in [2.05, 4.69) is 79.0 Å². The summed E-state index contributed by atoms with van der Waals surface area (Å²) < 4.78 is 0. The summed E-state index contributed by atoms with van der Waals surface area (Å²) in [6.07, 6.45) is 1.08. The van der Waals surface area contributed by atoms with E-state index >= 15 is 0 Å². The van der Waals surface area contributed by atoms with E-state index in [1.165, 1.54) is 27.5 Å². The van der Waals surface area contributed by atoms with Crippen molar-refractivity contribution in [3.63, 3.8) is 0 Å². The Balaban J connectivity index is 1.54. The number of hydrogen-bond acceptors (Lipinski definition) is 1. The number of benzene rings is 3. The van der Waals surface area contributed by atoms with Crippen LogP contribution in [0.25, 0.3) is 10.8 Å². The number of fused-ring (bicyclic) bond motifs is 1. The molecule has 3 aromatic carbocycles. The van der Waals surface area contributed by atoms with Crippen LogP contribution in [0.15, 0.2) is 66.7 Å². The van der Waals surface area contributed by atoms with Crippen molar-refractivity contribution in [1.29, 1.82) is 0 Å². The summed E-state index contributed by atoms with van der Waals surface area (Å²) in [5.74, 6) is 0. The molecule has 0 fully saturated rings. The first kappa shape index (κ1) is 13.8. The Morgan fingerprint density at radius 2 is 1.62 bits per heavy atom. The van der Waals surface area contributed by atoms with Gasteiger partial charge >= 0.3 is 0 Å². The Morgan fingerprint density at radius 3 is 2.48 bits per heavy atom. The molecule has 3 rings (SSSR count). The fourth-order valence-electron chi connectivity index (χ4n) is 2.68. The first-order valence-corrected chi connectivity index (χ1v) is 7.55. The Hall–Kier alpha value is -2.12. The average molecular weight is 275 g/mol. The van der Waals surface area contributed by atoms with Crippen molar-refractivity contribution >= 4 is 10.8 Å². The highest BCUT2D eigenvalue weighted by Crippen LogP contribution is 2.15. The van der Waals surface area contributed by atoms with Crippen LogP contribution in [0.2, 0.25) is 0 Å². The molecule has 0 amide bonds. The minimum absolute atomic E-state index is 0.927. The van der Waals surface area contributed by atoms with Crippen molar-refractivity contribution in [1.82, 2.24) is 5.32 Å². The summed E-state index contributed by atoms with van der Waals surface area (Å²) in [6, 6.07) is 23.9. The first-order chi connectivity index (χ1) is 10.3. The lowest BCUT2D eigenvalue weighted by Crippen LogP contribution is -2.16. The van der Waals surface area contributed by atoms with Crippen molar-refractivity contribution in [2.75, 3.05) is 6.54 Å². The molecule has 0 aromatic heterocycles. The fourth-order valence-corrected chi connectivity index (χ4v) is 2.68. The monoisotopic (exact) mass is 275 g/mol. The van der Waals surface area contributed by atoms with Gasteiger partial charge in [0.05, 0.1) is 0 Å². The van der Waals surface area contributed by atoms with Crippen molar-refractivity contribution in [3.05, 3.63) is 83.4 Å². The lowest BCUT2D eigenvalue weighted by atomic mass is 10.1. The highest BCUT2D eigenvalue weighted by Gasteiger charge is 1.97. The smallest absolute Gasteiger partial charge is 0.0205 e. The van der Waals surface area contributed by atoms with Gasteiger partial charge < -0.3 is 5.32 Å². The summed E-state index contributed by atoms with van der Waals surface area (Å²) in [7, 11) is 0. The maximum Gasteiger partial charge on any atom is 0.0205 e. The molecule has 0 atom stereocenters. The maximum atomic E-state index is 3.53. The molecule has 1 nitrogen and oxygen atoms in total. The summed E-state index contributed by atoms with van der Waals surface area (Å²) in [5.41, 5.74) is 4.08. The summed E-state index contributed by atoms with van der Waals surface area (Å²) >= 11 is 0. The van der Waals surface area contributed by atoms with Gasteiger partial charge in [-0.2, -0.15) is 0 Å². The minimum Gasteiger partial charge on any atom is -0.312 e. The minimum atomic E-state index is 0.927. The second-order valence-electron chi connectivity index (χ2n) is 5.60. The molecule has 0 spiro atoms. The van der Waals surface area contributed by atoms with Gasteiger partial charge in [0.25, 0.3) is 0 Å². The molecule has 0 radical (unpaired) electrons. The number of nitrogens with one attached hydrogen (secondary N) is 1. The Bertz CT molecular complexity index is 730. The van der Waals surface area contributed by atoms with Crippen LogP contribution < -0.4 is 5.32 Å². The summed E-state index contributed by atoms with van der Waals surface area (Å²) in [4.78, 5) is 0. The van der Waals surface area contributed by atoms with Gasteiger partial charge in [0, 0.05) is 6.54 Å². The van der Waals surface area contributed by atoms with Gasteiger partial charge in [-0.3, -0.25) is 0 Å². The van der Waals surface area contributed by atoms with Crippen LogP contribution in [0.1, 0.15) is 16.7 Å². The molecule has 0 aliphatic rings. The maximum absolute atomic E-state index is 3.53. The van der Waals surface area contributed by atoms with Gasteiger partial charge in [0.15, 0.2) is 0 Å². The standard InChI is InChI=1S/C20H21N/c1-16-5-4-6-17(13-16)11-12-21-15-18-9-10-19-7-2-3-8-20(19)14-18/h2-10,13-14,21H,11-12,15H2,1H3. The van der Waals surface area contributed by atoms with E-state index < -0.39 is 0 Å². The van der Waals surface area contributed by atoms with E-state index in [0.717, 1.165) is 19.5 Å². The van der Waals surface area contributed by atoms with Crippen molar-refractivity contribution in [2.45, 2.75) is 19.9 Å².